The number of carboxylic acids is 1. The molecule has 0 aliphatic heterocycles. The zero-order valence-electron chi connectivity index (χ0n) is 18.1. The van der Waals surface area contributed by atoms with Gasteiger partial charge in [0.2, 0.25) is 0 Å². The summed E-state index contributed by atoms with van der Waals surface area (Å²) >= 11 is 0. The third-order valence-electron chi connectivity index (χ3n) is 4.49. The van der Waals surface area contributed by atoms with E-state index in [-0.39, 0.29) is 11.1 Å². The Labute approximate surface area is 186 Å². The van der Waals surface area contributed by atoms with Gasteiger partial charge in [0.1, 0.15) is 11.3 Å². The number of aromatic hydroxyl groups is 1. The van der Waals surface area contributed by atoms with Crippen molar-refractivity contribution in [3.63, 3.8) is 0 Å². The Balaban J connectivity index is 2.16. The summed E-state index contributed by atoms with van der Waals surface area (Å²) in [5, 5.41) is 18.8. The molecule has 1 amide bonds. The summed E-state index contributed by atoms with van der Waals surface area (Å²) in [6.07, 6.45) is 0.841. The van der Waals surface area contributed by atoms with Crippen LogP contribution in [0.1, 0.15) is 46.5 Å². The SMILES string of the molecule is COc1cc(C(=O)NNS(=O)(=O)c2cc(C(=O)O)c(O)cc2C)ccc1OCCC(C)C. The molecule has 32 heavy (non-hydrogen) atoms. The van der Waals surface area contributed by atoms with Crippen LogP contribution >= 0.6 is 0 Å². The summed E-state index contributed by atoms with van der Waals surface area (Å²) in [4.78, 5) is 25.2. The van der Waals surface area contributed by atoms with Crippen molar-refractivity contribution >= 4 is 21.9 Å². The van der Waals surface area contributed by atoms with Crippen molar-refractivity contribution in [2.24, 2.45) is 5.92 Å². The molecule has 0 atom stereocenters. The minimum Gasteiger partial charge on any atom is -0.507 e. The number of benzene rings is 2. The minimum absolute atomic E-state index is 0.0961. The average Bonchev–Trinajstić information content (AvgIpc) is 2.71. The number of carbonyl (C=O) groups is 2. The molecule has 2 aromatic carbocycles. The van der Waals surface area contributed by atoms with E-state index in [0.29, 0.717) is 24.0 Å². The lowest BCUT2D eigenvalue weighted by Crippen LogP contribution is -2.41. The van der Waals surface area contributed by atoms with E-state index < -0.39 is 38.1 Å². The van der Waals surface area contributed by atoms with Crippen LogP contribution in [0.4, 0.5) is 0 Å². The first-order valence-electron chi connectivity index (χ1n) is 9.66. The number of hydrogen-bond acceptors (Lipinski definition) is 7. The van der Waals surface area contributed by atoms with Crippen molar-refractivity contribution in [1.82, 2.24) is 10.3 Å². The zero-order chi connectivity index (χ0) is 24.1. The van der Waals surface area contributed by atoms with Crippen LogP contribution < -0.4 is 19.7 Å². The second-order valence-corrected chi connectivity index (χ2v) is 9.05. The van der Waals surface area contributed by atoms with Crippen LogP contribution in [0.2, 0.25) is 0 Å². The average molecular weight is 467 g/mol. The first-order chi connectivity index (χ1) is 15.0. The highest BCUT2D eigenvalue weighted by molar-refractivity contribution is 7.89. The molecule has 2 rings (SSSR count). The molecule has 0 radical (unpaired) electrons. The van der Waals surface area contributed by atoms with E-state index in [4.69, 9.17) is 14.6 Å². The fourth-order valence-electron chi connectivity index (χ4n) is 2.71. The maximum atomic E-state index is 12.6. The summed E-state index contributed by atoms with van der Waals surface area (Å²) in [6, 6.07) is 6.23. The summed E-state index contributed by atoms with van der Waals surface area (Å²) in [5.74, 6) is -1.61. The molecule has 0 aliphatic rings. The van der Waals surface area contributed by atoms with Crippen LogP contribution in [0.15, 0.2) is 35.2 Å². The molecule has 0 aliphatic carbocycles. The predicted octanol–water partition coefficient (Wildman–Crippen LogP) is 2.46. The molecule has 4 N–H and O–H groups in total. The number of carbonyl (C=O) groups excluding carboxylic acids is 1. The van der Waals surface area contributed by atoms with Gasteiger partial charge in [0, 0.05) is 5.56 Å². The number of phenols is 1. The number of sulfonamides is 1. The Bertz CT molecular complexity index is 1110. The second-order valence-electron chi connectivity index (χ2n) is 7.40. The lowest BCUT2D eigenvalue weighted by atomic mass is 10.1. The molecular weight excluding hydrogens is 440 g/mol. The minimum atomic E-state index is -4.32. The van der Waals surface area contributed by atoms with Gasteiger partial charge in [-0.05, 0) is 55.2 Å². The summed E-state index contributed by atoms with van der Waals surface area (Å²) < 4.78 is 36.1. The highest BCUT2D eigenvalue weighted by Gasteiger charge is 2.23. The third-order valence-corrected chi connectivity index (χ3v) is 5.88. The van der Waals surface area contributed by atoms with E-state index in [1.54, 1.807) is 6.07 Å². The van der Waals surface area contributed by atoms with Gasteiger partial charge in [-0.2, -0.15) is 0 Å². The first kappa shape index (κ1) is 25.0. The molecule has 0 spiro atoms. The standard InChI is InChI=1S/C21H26N2O8S/c1-12(2)7-8-31-17-6-5-14(10-18(17)30-4)20(25)22-23-32(28,29)19-11-15(21(26)27)16(24)9-13(19)3/h5-6,9-12,23-24H,7-8H2,1-4H3,(H,22,25)(H,26,27). The molecule has 174 valence electrons. The number of carboxylic acid groups (broad SMARTS) is 1. The van der Waals surface area contributed by atoms with E-state index in [1.165, 1.54) is 26.2 Å². The fraction of sp³-hybridized carbons (Fsp3) is 0.333. The number of hydrazine groups is 1. The maximum Gasteiger partial charge on any atom is 0.339 e. The van der Waals surface area contributed by atoms with Crippen LogP contribution in [-0.4, -0.2) is 44.2 Å². The van der Waals surface area contributed by atoms with E-state index in [9.17, 15) is 23.1 Å². The van der Waals surface area contributed by atoms with Crippen LogP contribution in [-0.2, 0) is 10.0 Å². The van der Waals surface area contributed by atoms with Crippen molar-refractivity contribution in [3.05, 3.63) is 47.0 Å². The lowest BCUT2D eigenvalue weighted by Gasteiger charge is -2.14. The number of aryl methyl sites for hydroxylation is 1. The van der Waals surface area contributed by atoms with Crippen molar-refractivity contribution < 1.29 is 37.7 Å². The number of rotatable bonds is 10. The lowest BCUT2D eigenvalue weighted by molar-refractivity contribution is 0.0693. The van der Waals surface area contributed by atoms with Gasteiger partial charge in [0.25, 0.3) is 15.9 Å². The normalized spacial score (nSPS) is 11.3. The van der Waals surface area contributed by atoms with Crippen LogP contribution in [0, 0.1) is 12.8 Å². The molecule has 0 aromatic heterocycles. The Morgan fingerprint density at radius 3 is 2.41 bits per heavy atom. The Morgan fingerprint density at radius 1 is 1.12 bits per heavy atom. The van der Waals surface area contributed by atoms with Gasteiger partial charge in [-0.25, -0.2) is 13.2 Å². The van der Waals surface area contributed by atoms with E-state index in [2.05, 4.69) is 19.3 Å². The summed E-state index contributed by atoms with van der Waals surface area (Å²) in [5.41, 5.74) is 1.69. The molecule has 0 fully saturated rings. The van der Waals surface area contributed by atoms with Gasteiger partial charge >= 0.3 is 5.97 Å². The quantitative estimate of drug-likeness (QED) is 0.390. The monoisotopic (exact) mass is 466 g/mol. The molecule has 10 nitrogen and oxygen atoms in total. The summed E-state index contributed by atoms with van der Waals surface area (Å²) in [7, 11) is -2.90. The van der Waals surface area contributed by atoms with Crippen molar-refractivity contribution in [2.45, 2.75) is 32.1 Å². The van der Waals surface area contributed by atoms with Gasteiger partial charge in [-0.3, -0.25) is 10.2 Å². The van der Waals surface area contributed by atoms with E-state index in [1.807, 2.05) is 4.83 Å². The van der Waals surface area contributed by atoms with Gasteiger partial charge < -0.3 is 19.7 Å². The third kappa shape index (κ3) is 6.11. The Kier molecular flexibility index (Phi) is 8.06. The molecule has 2 aromatic rings. The zero-order valence-corrected chi connectivity index (χ0v) is 18.9. The number of methoxy groups -OCH3 is 1. The Hall–Kier alpha value is -3.31. The van der Waals surface area contributed by atoms with Crippen molar-refractivity contribution in [1.29, 1.82) is 0 Å². The first-order valence-corrected chi connectivity index (χ1v) is 11.1. The van der Waals surface area contributed by atoms with Gasteiger partial charge in [-0.1, -0.05) is 13.8 Å². The fourth-order valence-corrected chi connectivity index (χ4v) is 3.80. The maximum absolute atomic E-state index is 12.6. The highest BCUT2D eigenvalue weighted by atomic mass is 32.2. The summed E-state index contributed by atoms with van der Waals surface area (Å²) in [6.45, 7) is 5.99. The molecule has 0 bridgehead atoms. The number of nitrogens with one attached hydrogen (secondary N) is 2. The number of hydrogen-bond donors (Lipinski definition) is 4. The smallest absolute Gasteiger partial charge is 0.339 e. The van der Waals surface area contributed by atoms with E-state index >= 15 is 0 Å². The molecule has 11 heteroatoms. The van der Waals surface area contributed by atoms with Gasteiger partial charge in [0.15, 0.2) is 11.5 Å². The number of amides is 1. The van der Waals surface area contributed by atoms with Crippen LogP contribution in [0.3, 0.4) is 0 Å². The van der Waals surface area contributed by atoms with E-state index in [0.717, 1.165) is 18.6 Å². The molecule has 0 saturated heterocycles. The number of aromatic carboxylic acids is 1. The molecule has 0 unspecified atom stereocenters. The largest absolute Gasteiger partial charge is 0.507 e. The second kappa shape index (κ2) is 10.3. The predicted molar refractivity (Wildman–Crippen MR) is 116 cm³/mol. The highest BCUT2D eigenvalue weighted by Crippen LogP contribution is 2.29. The van der Waals surface area contributed by atoms with Crippen LogP contribution in [0.5, 0.6) is 17.2 Å². The van der Waals surface area contributed by atoms with Crippen molar-refractivity contribution in [3.8, 4) is 17.2 Å². The number of ether oxygens (including phenoxy) is 2. The topological polar surface area (TPSA) is 151 Å². The van der Waals surface area contributed by atoms with Gasteiger partial charge in [-0.15, -0.1) is 4.83 Å². The molecule has 0 heterocycles. The van der Waals surface area contributed by atoms with Crippen LogP contribution in [0.25, 0.3) is 0 Å². The molecule has 0 saturated carbocycles. The molecular formula is C21H26N2O8S. The Morgan fingerprint density at radius 2 is 1.81 bits per heavy atom. The van der Waals surface area contributed by atoms with Crippen molar-refractivity contribution in [2.75, 3.05) is 13.7 Å². The van der Waals surface area contributed by atoms with Gasteiger partial charge in [0.05, 0.1) is 18.6 Å².